The molecule has 4 aromatic heterocycles. The first-order valence-corrected chi connectivity index (χ1v) is 44.4. The zero-order valence-corrected chi connectivity index (χ0v) is 76.6. The summed E-state index contributed by atoms with van der Waals surface area (Å²) in [6.07, 6.45) is 9.00. The summed E-state index contributed by atoms with van der Waals surface area (Å²) in [5.74, 6) is -3.79. The van der Waals surface area contributed by atoms with Gasteiger partial charge in [0.2, 0.25) is 0 Å². The number of carboxylic acids is 4. The molecule has 0 bridgehead atoms. The van der Waals surface area contributed by atoms with E-state index >= 15 is 0 Å². The van der Waals surface area contributed by atoms with E-state index in [1.807, 2.05) is 222 Å². The van der Waals surface area contributed by atoms with Crippen LogP contribution in [0.4, 0.5) is 0 Å². The highest BCUT2D eigenvalue weighted by Crippen LogP contribution is 2.40. The molecule has 16 rings (SSSR count). The fourth-order valence-corrected chi connectivity index (χ4v) is 16.9. The van der Waals surface area contributed by atoms with Gasteiger partial charge in [0.1, 0.15) is 0 Å². The van der Waals surface area contributed by atoms with Crippen molar-refractivity contribution in [2.45, 2.75) is 105 Å². The average molecular weight is 1800 g/mol. The molecular formula is C116H104N8O12. The summed E-state index contributed by atoms with van der Waals surface area (Å²) in [4.78, 5) is 61.5. The molecule has 20 heteroatoms. The molecule has 0 aliphatic carbocycles. The first-order valence-electron chi connectivity index (χ1n) is 44.4. The van der Waals surface area contributed by atoms with Crippen molar-refractivity contribution in [3.05, 3.63) is 499 Å². The van der Waals surface area contributed by atoms with Crippen LogP contribution in [0.5, 0.6) is 0 Å². The summed E-state index contributed by atoms with van der Waals surface area (Å²) in [5, 5.41) is 90.6. The van der Waals surface area contributed by atoms with Gasteiger partial charge < -0.3 is 41.3 Å². The average Bonchev–Trinajstić information content (AvgIpc) is 0.813. The Labute approximate surface area is 790 Å². The van der Waals surface area contributed by atoms with Crippen molar-refractivity contribution in [3.63, 3.8) is 0 Å². The minimum atomic E-state index is -0.936. The predicted molar refractivity (Wildman–Crippen MR) is 535 cm³/mol. The third-order valence-corrected chi connectivity index (χ3v) is 24.4. The molecule has 0 saturated carbocycles. The van der Waals surface area contributed by atoms with Gasteiger partial charge in [-0.3, -0.25) is 19.9 Å². The molecule has 8 N–H and O–H groups in total. The van der Waals surface area contributed by atoms with Crippen LogP contribution in [-0.4, -0.2) is 108 Å². The number of nitrogens with zero attached hydrogens (tertiary/aromatic N) is 8. The lowest BCUT2D eigenvalue weighted by molar-refractivity contribution is 0.0686. The monoisotopic (exact) mass is 1800 g/mol. The van der Waals surface area contributed by atoms with Gasteiger partial charge in [-0.25, -0.2) is 19.2 Å². The molecule has 4 heterocycles. The molecule has 136 heavy (non-hydrogen) atoms. The molecule has 20 nitrogen and oxygen atoms in total. The second-order valence-corrected chi connectivity index (χ2v) is 33.4. The molecule has 4 atom stereocenters. The van der Waals surface area contributed by atoms with Crippen molar-refractivity contribution in [3.8, 4) is 44.5 Å². The van der Waals surface area contributed by atoms with Crippen molar-refractivity contribution in [1.29, 1.82) is 0 Å². The highest BCUT2D eigenvalue weighted by Gasteiger charge is 2.27. The molecule has 0 spiro atoms. The fraction of sp³-hybridized carbons (Fsp3) is 0.138. The largest absolute Gasteiger partial charge is 0.478 e. The van der Waals surface area contributed by atoms with Gasteiger partial charge in [-0.05, 0) is 264 Å². The molecule has 0 saturated heterocycles. The highest BCUT2D eigenvalue weighted by atomic mass is 16.4. The lowest BCUT2D eigenvalue weighted by atomic mass is 9.83. The van der Waals surface area contributed by atoms with E-state index < -0.39 is 23.9 Å². The van der Waals surface area contributed by atoms with E-state index in [9.17, 15) is 40.0 Å². The zero-order valence-electron chi connectivity index (χ0n) is 76.6. The number of aromatic carboxylic acids is 4. The standard InChI is InChI=1S/4C29H26N2O3/c4*1-19-5-3-4-6-26(19)27(18-28(31-34)25-15-16-30-20(2)17-25)23-11-7-21(8-12-23)22-9-13-24(14-10-22)29(32)33/h4*3-17,27,34H,18H2,1-2H3,(H,32,33)/b2*31-28+;2*31-28-/t4*27-/m1010/s1. The van der Waals surface area contributed by atoms with Gasteiger partial charge in [-0.1, -0.05) is 263 Å². The molecule has 0 aliphatic heterocycles. The number of aryl methyl sites for hydroxylation is 8. The van der Waals surface area contributed by atoms with Crippen LogP contribution in [0.25, 0.3) is 44.5 Å². The van der Waals surface area contributed by atoms with Gasteiger partial charge in [-0.2, -0.15) is 0 Å². The molecule has 680 valence electrons. The second kappa shape index (κ2) is 46.2. The third-order valence-electron chi connectivity index (χ3n) is 24.4. The topological polar surface area (TPSA) is 331 Å². The van der Waals surface area contributed by atoms with Crippen LogP contribution in [0.1, 0.15) is 203 Å². The Bertz CT molecular complexity index is 6150. The molecule has 16 aromatic rings. The van der Waals surface area contributed by atoms with E-state index in [1.54, 1.807) is 73.3 Å². The number of aromatic nitrogens is 4. The Morgan fingerprint density at radius 2 is 0.382 bits per heavy atom. The van der Waals surface area contributed by atoms with Gasteiger partial charge in [0.05, 0.1) is 45.1 Å². The van der Waals surface area contributed by atoms with Crippen LogP contribution >= 0.6 is 0 Å². The number of hydrogen-bond acceptors (Lipinski definition) is 16. The van der Waals surface area contributed by atoms with Crippen molar-refractivity contribution < 1.29 is 60.4 Å². The van der Waals surface area contributed by atoms with E-state index in [4.69, 9.17) is 20.4 Å². The Kier molecular flexibility index (Phi) is 32.8. The molecule has 0 radical (unpaired) electrons. The highest BCUT2D eigenvalue weighted by molar-refractivity contribution is 6.03. The molecule has 0 aliphatic rings. The SMILES string of the molecule is Cc1cc(/C(C[C@@H](c2ccc(-c3ccc(C(=O)O)cc3)cc2)c2ccccc2C)=N/O)ccn1.Cc1cc(/C(C[C@@H](c2ccc(-c3ccc(C(=O)O)cc3)cc2)c2ccccc2C)=N\O)ccn1.Cc1cc(/C(C[C@H](c2ccc(-c3ccc(C(=O)O)cc3)cc2)c2ccccc2C)=N/O)ccn1.Cc1cc(/C(C[C@H](c2ccc(-c3ccc(C(=O)O)cc3)cc2)c2ccccc2C)=N\O)ccn1. The number of oxime groups is 4. The summed E-state index contributed by atoms with van der Waals surface area (Å²) < 4.78 is 0. The normalized spacial score (nSPS) is 12.4. The Morgan fingerprint density at radius 1 is 0.221 bits per heavy atom. The minimum Gasteiger partial charge on any atom is -0.478 e. The van der Waals surface area contributed by atoms with Crippen LogP contribution in [0.15, 0.2) is 385 Å². The lowest BCUT2D eigenvalue weighted by Crippen LogP contribution is -2.12. The summed E-state index contributed by atoms with van der Waals surface area (Å²) in [5.41, 5.74) is 32.0. The maximum atomic E-state index is 11.1. The Balaban J connectivity index is 0.000000153. The van der Waals surface area contributed by atoms with Crippen molar-refractivity contribution in [2.24, 2.45) is 20.6 Å². The number of benzene rings is 12. The van der Waals surface area contributed by atoms with E-state index in [-0.39, 0.29) is 45.9 Å². The van der Waals surface area contributed by atoms with Crippen molar-refractivity contribution in [2.75, 3.05) is 0 Å². The van der Waals surface area contributed by atoms with Gasteiger partial charge in [-0.15, -0.1) is 0 Å². The molecule has 0 fully saturated rings. The second-order valence-electron chi connectivity index (χ2n) is 33.4. The number of hydrogen-bond donors (Lipinski definition) is 8. The lowest BCUT2D eigenvalue weighted by Gasteiger charge is -2.21. The number of carbonyl (C=O) groups is 4. The first kappa shape index (κ1) is 96.6. The van der Waals surface area contributed by atoms with Gasteiger partial charge >= 0.3 is 23.9 Å². The smallest absolute Gasteiger partial charge is 0.335 e. The zero-order chi connectivity index (χ0) is 96.3. The maximum absolute atomic E-state index is 11.1. The van der Waals surface area contributed by atoms with E-state index in [1.165, 1.54) is 44.5 Å². The predicted octanol–water partition coefficient (Wildman–Crippen LogP) is 25.9. The third kappa shape index (κ3) is 25.0. The van der Waals surface area contributed by atoms with Crippen LogP contribution in [0.2, 0.25) is 0 Å². The van der Waals surface area contributed by atoms with E-state index in [0.717, 1.165) is 112 Å². The van der Waals surface area contributed by atoms with Crippen LogP contribution < -0.4 is 0 Å². The summed E-state index contributed by atoms with van der Waals surface area (Å²) >= 11 is 0. The Morgan fingerprint density at radius 3 is 0.529 bits per heavy atom. The van der Waals surface area contributed by atoms with Gasteiger partial charge in [0.25, 0.3) is 0 Å². The summed E-state index contributed by atoms with van der Waals surface area (Å²) in [7, 11) is 0. The van der Waals surface area contributed by atoms with Crippen LogP contribution in [0, 0.1) is 55.4 Å². The molecule has 0 unspecified atom stereocenters. The van der Waals surface area contributed by atoms with Crippen LogP contribution in [0.3, 0.4) is 0 Å². The van der Waals surface area contributed by atoms with Crippen molar-refractivity contribution in [1.82, 2.24) is 19.9 Å². The fourth-order valence-electron chi connectivity index (χ4n) is 16.9. The van der Waals surface area contributed by atoms with Crippen molar-refractivity contribution >= 4 is 46.7 Å². The summed E-state index contributed by atoms with van der Waals surface area (Å²) in [6, 6.07) is 109. The summed E-state index contributed by atoms with van der Waals surface area (Å²) in [6.45, 7) is 16.0. The van der Waals surface area contributed by atoms with Gasteiger partial charge in [0.15, 0.2) is 0 Å². The molecular weight excluding hydrogens is 1700 g/mol. The molecule has 12 aromatic carbocycles. The maximum Gasteiger partial charge on any atom is 0.335 e. The van der Waals surface area contributed by atoms with Gasteiger partial charge in [0, 0.05) is 119 Å². The number of carboxylic acid groups (broad SMARTS) is 4. The quantitative estimate of drug-likeness (QED) is 0.0128. The first-order chi connectivity index (χ1) is 65.8. The number of rotatable bonds is 28. The van der Waals surface area contributed by atoms with E-state index in [2.05, 4.69) is 165 Å². The van der Waals surface area contributed by atoms with E-state index in [0.29, 0.717) is 48.5 Å². The number of pyridine rings is 4. The Hall–Kier alpha value is -17.0. The minimum absolute atomic E-state index is 0.0102. The van der Waals surface area contributed by atoms with Crippen LogP contribution in [-0.2, 0) is 0 Å². The molecule has 0 amide bonds.